The summed E-state index contributed by atoms with van der Waals surface area (Å²) in [5.74, 6) is 0.0557. The maximum absolute atomic E-state index is 12.9. The van der Waals surface area contributed by atoms with Gasteiger partial charge in [0.25, 0.3) is 0 Å². The molecule has 0 bridgehead atoms. The monoisotopic (exact) mass is 570 g/mol. The number of aliphatic carboxylic acids is 1. The molecule has 1 N–H and O–H groups in total. The van der Waals surface area contributed by atoms with Gasteiger partial charge in [-0.15, -0.1) is 11.8 Å². The van der Waals surface area contributed by atoms with Crippen molar-refractivity contribution in [3.05, 3.63) is 99.1 Å². The SMILES string of the molecule is O=C(O)COc1ccc(SCC=C(c2ccccc2)c2ccc(C(F)(F)F)cc2)cc1I. The Labute approximate surface area is 201 Å². The Morgan fingerprint density at radius 2 is 1.66 bits per heavy atom. The van der Waals surface area contributed by atoms with Gasteiger partial charge in [0.05, 0.1) is 9.13 Å². The second-order valence-corrected chi connectivity index (χ2v) is 8.90. The van der Waals surface area contributed by atoms with Gasteiger partial charge in [-0.25, -0.2) is 4.79 Å². The number of thioether (sulfide) groups is 1. The van der Waals surface area contributed by atoms with Crippen LogP contribution in [0.5, 0.6) is 5.75 Å². The first-order valence-corrected chi connectivity index (χ1v) is 11.5. The molecule has 0 saturated heterocycles. The fraction of sp³-hybridized carbons (Fsp3) is 0.125. The first kappa shape index (κ1) is 24.2. The molecule has 0 radical (unpaired) electrons. The van der Waals surface area contributed by atoms with Gasteiger partial charge in [-0.3, -0.25) is 0 Å². The number of rotatable bonds is 8. The Hall–Kier alpha value is -2.46. The van der Waals surface area contributed by atoms with Crippen LogP contribution < -0.4 is 4.74 Å². The van der Waals surface area contributed by atoms with Crippen molar-refractivity contribution in [3.8, 4) is 5.75 Å². The van der Waals surface area contributed by atoms with E-state index in [0.717, 1.165) is 31.7 Å². The summed E-state index contributed by atoms with van der Waals surface area (Å²) in [6, 6.07) is 20.1. The third kappa shape index (κ3) is 6.77. The molecule has 0 aromatic heterocycles. The smallest absolute Gasteiger partial charge is 0.416 e. The number of alkyl halides is 3. The summed E-state index contributed by atoms with van der Waals surface area (Å²) in [7, 11) is 0. The third-order valence-corrected chi connectivity index (χ3v) is 6.16. The van der Waals surface area contributed by atoms with Crippen LogP contribution in [0.25, 0.3) is 5.57 Å². The third-order valence-electron chi connectivity index (χ3n) is 4.40. The van der Waals surface area contributed by atoms with Crippen LogP contribution in [-0.4, -0.2) is 23.4 Å². The van der Waals surface area contributed by atoms with Crippen LogP contribution in [0, 0.1) is 3.57 Å². The van der Waals surface area contributed by atoms with Gasteiger partial charge < -0.3 is 9.84 Å². The van der Waals surface area contributed by atoms with E-state index in [0.29, 0.717) is 17.1 Å². The summed E-state index contributed by atoms with van der Waals surface area (Å²) in [6.45, 7) is -0.404. The van der Waals surface area contributed by atoms with Gasteiger partial charge >= 0.3 is 12.1 Å². The lowest BCUT2D eigenvalue weighted by molar-refractivity contribution is -0.139. The van der Waals surface area contributed by atoms with E-state index >= 15 is 0 Å². The Morgan fingerprint density at radius 3 is 2.25 bits per heavy atom. The number of hydrogen-bond acceptors (Lipinski definition) is 3. The van der Waals surface area contributed by atoms with Crippen molar-refractivity contribution < 1.29 is 27.8 Å². The topological polar surface area (TPSA) is 46.5 Å². The van der Waals surface area contributed by atoms with E-state index in [4.69, 9.17) is 9.84 Å². The zero-order valence-corrected chi connectivity index (χ0v) is 19.6. The predicted molar refractivity (Wildman–Crippen MR) is 128 cm³/mol. The van der Waals surface area contributed by atoms with E-state index in [2.05, 4.69) is 22.6 Å². The van der Waals surface area contributed by atoms with E-state index in [1.807, 2.05) is 48.5 Å². The number of ether oxygens (including phenoxy) is 1. The average Bonchev–Trinajstić information content (AvgIpc) is 2.76. The van der Waals surface area contributed by atoms with Crippen molar-refractivity contribution in [1.82, 2.24) is 0 Å². The highest BCUT2D eigenvalue weighted by Crippen LogP contribution is 2.32. The van der Waals surface area contributed by atoms with E-state index in [1.54, 1.807) is 17.8 Å². The molecule has 32 heavy (non-hydrogen) atoms. The van der Waals surface area contributed by atoms with E-state index < -0.39 is 24.3 Å². The minimum absolute atomic E-state index is 0.404. The van der Waals surface area contributed by atoms with Gasteiger partial charge in [0, 0.05) is 10.6 Å². The highest BCUT2D eigenvalue weighted by Gasteiger charge is 2.30. The molecule has 0 amide bonds. The van der Waals surface area contributed by atoms with Crippen molar-refractivity contribution in [2.75, 3.05) is 12.4 Å². The summed E-state index contributed by atoms with van der Waals surface area (Å²) >= 11 is 3.65. The van der Waals surface area contributed by atoms with Crippen molar-refractivity contribution in [1.29, 1.82) is 0 Å². The quantitative estimate of drug-likeness (QED) is 0.234. The summed E-state index contributed by atoms with van der Waals surface area (Å²) in [5, 5.41) is 8.74. The molecule has 0 saturated carbocycles. The Morgan fingerprint density at radius 1 is 1.00 bits per heavy atom. The normalized spacial score (nSPS) is 11.9. The van der Waals surface area contributed by atoms with Crippen molar-refractivity contribution in [3.63, 3.8) is 0 Å². The van der Waals surface area contributed by atoms with E-state index in [1.165, 1.54) is 12.1 Å². The fourth-order valence-corrected chi connectivity index (χ4v) is 4.60. The largest absolute Gasteiger partial charge is 0.481 e. The Bertz CT molecular complexity index is 1100. The van der Waals surface area contributed by atoms with Crippen LogP contribution in [0.3, 0.4) is 0 Å². The number of carboxylic acid groups (broad SMARTS) is 1. The molecular weight excluding hydrogens is 552 g/mol. The number of carboxylic acids is 1. The van der Waals surface area contributed by atoms with Gasteiger partial charge in [0.2, 0.25) is 0 Å². The molecule has 0 spiro atoms. The lowest BCUT2D eigenvalue weighted by Crippen LogP contribution is -2.10. The molecule has 0 fully saturated rings. The lowest BCUT2D eigenvalue weighted by atomic mass is 9.97. The van der Waals surface area contributed by atoms with E-state index in [9.17, 15) is 18.0 Å². The Kier molecular flexibility index (Phi) is 8.25. The zero-order chi connectivity index (χ0) is 23.1. The van der Waals surface area contributed by atoms with Crippen LogP contribution in [0.1, 0.15) is 16.7 Å². The highest BCUT2D eigenvalue weighted by molar-refractivity contribution is 14.1. The molecule has 3 nitrogen and oxygen atoms in total. The Balaban J connectivity index is 1.79. The van der Waals surface area contributed by atoms with Crippen LogP contribution in [0.15, 0.2) is 83.8 Å². The lowest BCUT2D eigenvalue weighted by Gasteiger charge is -2.12. The molecule has 0 unspecified atom stereocenters. The summed E-state index contributed by atoms with van der Waals surface area (Å²) in [5.41, 5.74) is 1.79. The zero-order valence-electron chi connectivity index (χ0n) is 16.6. The first-order valence-electron chi connectivity index (χ1n) is 9.44. The minimum Gasteiger partial charge on any atom is -0.481 e. The maximum Gasteiger partial charge on any atom is 0.416 e. The minimum atomic E-state index is -4.37. The number of hydrogen-bond donors (Lipinski definition) is 1. The second-order valence-electron chi connectivity index (χ2n) is 6.64. The molecule has 166 valence electrons. The number of halogens is 4. The predicted octanol–water partition coefficient (Wildman–Crippen LogP) is 7.00. The van der Waals surface area contributed by atoms with Crippen molar-refractivity contribution in [2.45, 2.75) is 11.1 Å². The molecular formula is C24H18F3IO3S. The van der Waals surface area contributed by atoms with Gasteiger partial charge in [0.15, 0.2) is 6.61 Å². The summed E-state index contributed by atoms with van der Waals surface area (Å²) in [4.78, 5) is 11.6. The summed E-state index contributed by atoms with van der Waals surface area (Å²) < 4.78 is 44.8. The molecule has 0 heterocycles. The van der Waals surface area contributed by atoms with Crippen molar-refractivity contribution in [2.24, 2.45) is 0 Å². The molecule has 0 aliphatic heterocycles. The molecule has 0 aliphatic carbocycles. The molecule has 3 aromatic carbocycles. The first-order chi connectivity index (χ1) is 15.2. The van der Waals surface area contributed by atoms with Crippen molar-refractivity contribution >= 4 is 45.9 Å². The van der Waals surface area contributed by atoms with Crippen LogP contribution in [0.2, 0.25) is 0 Å². The average molecular weight is 570 g/mol. The van der Waals surface area contributed by atoms with Crippen LogP contribution in [0.4, 0.5) is 13.2 Å². The molecule has 0 aliphatic rings. The van der Waals surface area contributed by atoms with Crippen LogP contribution >= 0.6 is 34.4 Å². The number of carbonyl (C=O) groups is 1. The number of benzene rings is 3. The van der Waals surface area contributed by atoms with Gasteiger partial charge in [0.1, 0.15) is 5.75 Å². The van der Waals surface area contributed by atoms with Gasteiger partial charge in [-0.2, -0.15) is 13.2 Å². The van der Waals surface area contributed by atoms with Gasteiger partial charge in [-0.1, -0.05) is 48.5 Å². The van der Waals surface area contributed by atoms with Crippen LogP contribution in [-0.2, 0) is 11.0 Å². The molecule has 8 heteroatoms. The molecule has 3 aromatic rings. The molecule has 0 atom stereocenters. The standard InChI is InChI=1S/C24H18F3IO3S/c25-24(26,27)18-8-6-17(7-9-18)20(16-4-2-1-3-5-16)12-13-32-19-10-11-22(21(28)14-19)31-15-23(29)30/h1-12,14H,13,15H2,(H,29,30). The highest BCUT2D eigenvalue weighted by atomic mass is 127. The summed E-state index contributed by atoms with van der Waals surface area (Å²) in [6.07, 6.45) is -2.38. The van der Waals surface area contributed by atoms with E-state index in [-0.39, 0.29) is 0 Å². The maximum atomic E-state index is 12.9. The molecule has 3 rings (SSSR count). The second kappa shape index (κ2) is 10.9. The fourth-order valence-electron chi connectivity index (χ4n) is 2.91. The van der Waals surface area contributed by atoms with Gasteiger partial charge in [-0.05, 0) is 69.6 Å².